The predicted molar refractivity (Wildman–Crippen MR) is 156 cm³/mol. The average molecular weight is 549 g/mol. The first-order chi connectivity index (χ1) is 19.6. The molecule has 0 bridgehead atoms. The zero-order valence-corrected chi connectivity index (χ0v) is 23.8. The highest BCUT2D eigenvalue weighted by molar-refractivity contribution is 5.64. The van der Waals surface area contributed by atoms with E-state index in [4.69, 9.17) is 14.2 Å². The van der Waals surface area contributed by atoms with Crippen LogP contribution in [0.5, 0.6) is 17.2 Å². The van der Waals surface area contributed by atoms with Crippen LogP contribution in [0.3, 0.4) is 0 Å². The number of unbranched alkanes of at least 4 members (excludes halogenated alkanes) is 1. The molecule has 0 spiro atoms. The minimum atomic E-state index is -0.972. The predicted octanol–water partition coefficient (Wildman–Crippen LogP) is 9.59. The first-order valence-corrected chi connectivity index (χ1v) is 15.1. The van der Waals surface area contributed by atoms with Gasteiger partial charge < -0.3 is 14.2 Å². The second-order valence-corrected chi connectivity index (χ2v) is 11.5. The second kappa shape index (κ2) is 13.5. The number of halogens is 2. The van der Waals surface area contributed by atoms with Crippen molar-refractivity contribution in [3.05, 3.63) is 77.9 Å². The van der Waals surface area contributed by atoms with Crippen molar-refractivity contribution in [1.29, 1.82) is 0 Å². The summed E-state index contributed by atoms with van der Waals surface area (Å²) in [5, 5.41) is 0. The number of fused-ring (bicyclic) bond motifs is 1. The highest BCUT2D eigenvalue weighted by Gasteiger charge is 2.36. The number of benzene rings is 3. The first kappa shape index (κ1) is 28.4. The molecule has 0 saturated heterocycles. The summed E-state index contributed by atoms with van der Waals surface area (Å²) in [5.41, 5.74) is 3.90. The van der Waals surface area contributed by atoms with Crippen molar-refractivity contribution in [2.24, 2.45) is 17.8 Å². The van der Waals surface area contributed by atoms with Crippen molar-refractivity contribution in [2.45, 2.75) is 71.1 Å². The summed E-state index contributed by atoms with van der Waals surface area (Å²) in [5.74, 6) is 1.33. The molecule has 0 aromatic heterocycles. The van der Waals surface area contributed by atoms with E-state index in [1.807, 2.05) is 0 Å². The zero-order valence-electron chi connectivity index (χ0n) is 23.8. The van der Waals surface area contributed by atoms with E-state index in [0.717, 1.165) is 44.0 Å². The van der Waals surface area contributed by atoms with Crippen molar-refractivity contribution in [3.63, 3.8) is 0 Å². The molecule has 5 heteroatoms. The van der Waals surface area contributed by atoms with Gasteiger partial charge in [0.25, 0.3) is 0 Å². The van der Waals surface area contributed by atoms with E-state index in [-0.39, 0.29) is 18.1 Å². The summed E-state index contributed by atoms with van der Waals surface area (Å²) in [6.07, 6.45) is 9.24. The molecule has 4 unspecified atom stereocenters. The molecule has 0 aliphatic heterocycles. The lowest BCUT2D eigenvalue weighted by molar-refractivity contribution is 0.0901. The normalized spacial score (nSPS) is 22.4. The zero-order chi connectivity index (χ0) is 27.9. The summed E-state index contributed by atoms with van der Waals surface area (Å²) >= 11 is 0. The maximum absolute atomic E-state index is 14.4. The lowest BCUT2D eigenvalue weighted by atomic mass is 9.64. The molecule has 0 heterocycles. The Labute approximate surface area is 237 Å². The van der Waals surface area contributed by atoms with E-state index >= 15 is 0 Å². The van der Waals surface area contributed by atoms with Crippen molar-refractivity contribution < 1.29 is 23.0 Å². The second-order valence-electron chi connectivity index (χ2n) is 11.5. The van der Waals surface area contributed by atoms with Crippen LogP contribution in [0.4, 0.5) is 8.78 Å². The van der Waals surface area contributed by atoms with E-state index < -0.39 is 11.6 Å². The highest BCUT2D eigenvalue weighted by Crippen LogP contribution is 2.48. The maximum atomic E-state index is 14.4. The van der Waals surface area contributed by atoms with E-state index in [0.29, 0.717) is 24.4 Å². The van der Waals surface area contributed by atoms with Gasteiger partial charge in [-0.05, 0) is 116 Å². The Morgan fingerprint density at radius 1 is 0.675 bits per heavy atom. The van der Waals surface area contributed by atoms with Crippen LogP contribution in [0, 0.1) is 29.4 Å². The van der Waals surface area contributed by atoms with Crippen LogP contribution in [0.15, 0.2) is 60.7 Å². The molecule has 3 nitrogen and oxygen atoms in total. The van der Waals surface area contributed by atoms with E-state index in [1.165, 1.54) is 54.5 Å². The highest BCUT2D eigenvalue weighted by atomic mass is 19.2. The van der Waals surface area contributed by atoms with E-state index in [9.17, 15) is 8.78 Å². The van der Waals surface area contributed by atoms with Gasteiger partial charge in [-0.1, -0.05) is 49.7 Å². The van der Waals surface area contributed by atoms with Crippen LogP contribution in [0.1, 0.15) is 76.7 Å². The number of hydrogen-bond donors (Lipinski definition) is 0. The Hall–Kier alpha value is -3.08. The van der Waals surface area contributed by atoms with Crippen LogP contribution in [-0.2, 0) is 0 Å². The van der Waals surface area contributed by atoms with E-state index in [1.54, 1.807) is 6.92 Å². The first-order valence-electron chi connectivity index (χ1n) is 15.1. The molecule has 0 radical (unpaired) electrons. The molecule has 0 amide bonds. The maximum Gasteiger partial charge on any atom is 0.204 e. The van der Waals surface area contributed by atoms with Crippen molar-refractivity contribution in [1.82, 2.24) is 0 Å². The van der Waals surface area contributed by atoms with Crippen LogP contribution in [-0.4, -0.2) is 19.8 Å². The third-order valence-corrected chi connectivity index (χ3v) is 8.84. The third kappa shape index (κ3) is 6.79. The van der Waals surface area contributed by atoms with Crippen LogP contribution in [0.2, 0.25) is 0 Å². The Balaban J connectivity index is 1.11. The Morgan fingerprint density at radius 2 is 1.30 bits per heavy atom. The van der Waals surface area contributed by atoms with Gasteiger partial charge in [-0.15, -0.1) is 0 Å². The third-order valence-electron chi connectivity index (χ3n) is 8.84. The topological polar surface area (TPSA) is 27.7 Å². The summed E-state index contributed by atoms with van der Waals surface area (Å²) in [6, 6.07) is 20.5. The lowest BCUT2D eigenvalue weighted by Gasteiger charge is -2.42. The van der Waals surface area contributed by atoms with Gasteiger partial charge in [0.05, 0.1) is 19.8 Å². The van der Waals surface area contributed by atoms with Crippen molar-refractivity contribution in [3.8, 4) is 28.4 Å². The monoisotopic (exact) mass is 548 g/mol. The summed E-state index contributed by atoms with van der Waals surface area (Å²) < 4.78 is 45.3. The molecule has 5 rings (SSSR count). The molecular formula is C35H42F2O3. The fourth-order valence-electron chi connectivity index (χ4n) is 6.57. The number of ether oxygens (including phenoxy) is 3. The Bertz CT molecular complexity index is 1220. The SMILES string of the molecule is CCCCOc1ccc(-c2ccc(C3CCC4CC(COc5ccc(OCC)c(F)c5F)CCC4C3)cc2)cc1. The number of hydrogen-bond acceptors (Lipinski definition) is 3. The largest absolute Gasteiger partial charge is 0.494 e. The van der Waals surface area contributed by atoms with Crippen molar-refractivity contribution >= 4 is 0 Å². The molecule has 3 aromatic rings. The van der Waals surface area contributed by atoms with Crippen molar-refractivity contribution in [2.75, 3.05) is 19.8 Å². The van der Waals surface area contributed by atoms with Gasteiger partial charge in [0, 0.05) is 0 Å². The van der Waals surface area contributed by atoms with Gasteiger partial charge in [0.15, 0.2) is 11.5 Å². The smallest absolute Gasteiger partial charge is 0.204 e. The lowest BCUT2D eigenvalue weighted by Crippen LogP contribution is -2.32. The van der Waals surface area contributed by atoms with Crippen LogP contribution >= 0.6 is 0 Å². The van der Waals surface area contributed by atoms with Gasteiger partial charge in [-0.25, -0.2) is 0 Å². The standard InChI is InChI=1S/C35H42F2O3/c1-3-5-20-39-31-16-14-26(15-17-31)25-8-10-27(11-9-25)29-13-12-28-21-24(6-7-30(28)22-29)23-40-33-19-18-32(38-4-2)34(36)35(33)37/h8-11,14-19,24,28-30H,3-7,12-13,20-23H2,1-2H3. The molecule has 2 aliphatic rings. The van der Waals surface area contributed by atoms with Gasteiger partial charge in [0.2, 0.25) is 11.6 Å². The molecule has 40 heavy (non-hydrogen) atoms. The quantitative estimate of drug-likeness (QED) is 0.223. The van der Waals surface area contributed by atoms with Gasteiger partial charge in [-0.3, -0.25) is 0 Å². The van der Waals surface area contributed by atoms with Gasteiger partial charge in [-0.2, -0.15) is 8.78 Å². The van der Waals surface area contributed by atoms with Gasteiger partial charge >= 0.3 is 0 Å². The Kier molecular flexibility index (Phi) is 9.62. The van der Waals surface area contributed by atoms with Crippen LogP contribution in [0.25, 0.3) is 11.1 Å². The summed E-state index contributed by atoms with van der Waals surface area (Å²) in [6.45, 7) is 5.41. The molecule has 4 atom stereocenters. The molecule has 2 aliphatic carbocycles. The van der Waals surface area contributed by atoms with E-state index in [2.05, 4.69) is 55.5 Å². The fourth-order valence-corrected chi connectivity index (χ4v) is 6.57. The molecule has 3 aromatic carbocycles. The minimum Gasteiger partial charge on any atom is -0.494 e. The molecular weight excluding hydrogens is 506 g/mol. The number of rotatable bonds is 11. The molecule has 2 saturated carbocycles. The summed E-state index contributed by atoms with van der Waals surface area (Å²) in [7, 11) is 0. The van der Waals surface area contributed by atoms with Crippen LogP contribution < -0.4 is 14.2 Å². The minimum absolute atomic E-state index is 0.0218. The molecule has 214 valence electrons. The fraction of sp³-hybridized carbons (Fsp3) is 0.486. The summed E-state index contributed by atoms with van der Waals surface area (Å²) in [4.78, 5) is 0. The Morgan fingerprint density at radius 3 is 1.98 bits per heavy atom. The average Bonchev–Trinajstić information content (AvgIpc) is 2.99. The molecule has 2 fully saturated rings. The molecule has 0 N–H and O–H groups in total. The van der Waals surface area contributed by atoms with Gasteiger partial charge in [0.1, 0.15) is 5.75 Å².